The predicted molar refractivity (Wildman–Crippen MR) is 114 cm³/mol. The number of fused-ring (bicyclic) bond motifs is 1. The molecular weight excluding hydrogens is 396 g/mol. The number of ether oxygens (including phenoxy) is 1. The summed E-state index contributed by atoms with van der Waals surface area (Å²) in [5.74, 6) is 0.793. The summed E-state index contributed by atoms with van der Waals surface area (Å²) in [5.41, 5.74) is 4.03. The van der Waals surface area contributed by atoms with Gasteiger partial charge in [0.05, 0.1) is 30.3 Å². The lowest BCUT2D eigenvalue weighted by Crippen LogP contribution is -2.35. The molecule has 9 heteroatoms. The van der Waals surface area contributed by atoms with Gasteiger partial charge >= 0.3 is 0 Å². The molecule has 1 aliphatic rings. The minimum Gasteiger partial charge on any atom is -0.497 e. The summed E-state index contributed by atoms with van der Waals surface area (Å²) in [7, 11) is 1.65. The Bertz CT molecular complexity index is 1190. The molecule has 1 aliphatic heterocycles. The van der Waals surface area contributed by atoms with Gasteiger partial charge < -0.3 is 19.0 Å². The second-order valence-electron chi connectivity index (χ2n) is 7.39. The van der Waals surface area contributed by atoms with Crippen LogP contribution in [0.3, 0.4) is 0 Å². The summed E-state index contributed by atoms with van der Waals surface area (Å²) in [5, 5.41) is 13.0. The second kappa shape index (κ2) is 8.10. The summed E-state index contributed by atoms with van der Waals surface area (Å²) in [6.07, 6.45) is 5.48. The topological polar surface area (TPSA) is 89.0 Å². The number of rotatable bonds is 4. The van der Waals surface area contributed by atoms with E-state index in [-0.39, 0.29) is 5.91 Å². The van der Waals surface area contributed by atoms with Crippen molar-refractivity contribution in [1.82, 2.24) is 24.7 Å². The smallest absolute Gasteiger partial charge is 0.257 e. The van der Waals surface area contributed by atoms with Gasteiger partial charge in [-0.1, -0.05) is 0 Å². The lowest BCUT2D eigenvalue weighted by Gasteiger charge is -2.24. The van der Waals surface area contributed by atoms with E-state index in [9.17, 15) is 4.79 Å². The average molecular weight is 418 g/mol. The van der Waals surface area contributed by atoms with Crippen LogP contribution in [0.1, 0.15) is 16.8 Å². The van der Waals surface area contributed by atoms with Crippen molar-refractivity contribution < 1.29 is 13.9 Å². The van der Waals surface area contributed by atoms with Crippen LogP contribution in [0, 0.1) is 0 Å². The van der Waals surface area contributed by atoms with E-state index < -0.39 is 0 Å². The molecule has 0 saturated carbocycles. The number of hydrogen-bond donors (Lipinski definition) is 0. The lowest BCUT2D eigenvalue weighted by molar-refractivity contribution is 0.0766. The van der Waals surface area contributed by atoms with E-state index >= 15 is 0 Å². The Kier molecular flexibility index (Phi) is 4.99. The van der Waals surface area contributed by atoms with Crippen molar-refractivity contribution in [2.24, 2.45) is 0 Å². The van der Waals surface area contributed by atoms with Crippen molar-refractivity contribution in [3.8, 4) is 17.0 Å². The fraction of sp³-hybridized carbons (Fsp3) is 0.273. The van der Waals surface area contributed by atoms with E-state index in [1.165, 1.54) is 12.5 Å². The summed E-state index contributed by atoms with van der Waals surface area (Å²) >= 11 is 0. The molecule has 0 N–H and O–H groups in total. The summed E-state index contributed by atoms with van der Waals surface area (Å²) in [6, 6.07) is 11.5. The average Bonchev–Trinajstić information content (AvgIpc) is 3.46. The van der Waals surface area contributed by atoms with Gasteiger partial charge in [-0.25, -0.2) is 0 Å². The normalized spacial score (nSPS) is 14.6. The largest absolute Gasteiger partial charge is 0.497 e. The molecule has 0 bridgehead atoms. The van der Waals surface area contributed by atoms with Crippen LogP contribution in [0.2, 0.25) is 0 Å². The maximum absolute atomic E-state index is 12.7. The van der Waals surface area contributed by atoms with Gasteiger partial charge in [-0.15, -0.1) is 10.2 Å². The predicted octanol–water partition coefficient (Wildman–Crippen LogP) is 2.75. The van der Waals surface area contributed by atoms with Gasteiger partial charge in [-0.2, -0.15) is 9.61 Å². The molecule has 1 fully saturated rings. The van der Waals surface area contributed by atoms with Crippen LogP contribution in [-0.4, -0.2) is 63.9 Å². The minimum atomic E-state index is -0.00289. The molecular formula is C22H22N6O3. The van der Waals surface area contributed by atoms with Crippen molar-refractivity contribution in [3.63, 3.8) is 0 Å². The highest BCUT2D eigenvalue weighted by atomic mass is 16.5. The summed E-state index contributed by atoms with van der Waals surface area (Å²) < 4.78 is 12.0. The number of aromatic nitrogens is 4. The van der Waals surface area contributed by atoms with Crippen molar-refractivity contribution >= 4 is 17.2 Å². The van der Waals surface area contributed by atoms with Crippen LogP contribution in [0.5, 0.6) is 5.75 Å². The number of methoxy groups -OCH3 is 1. The Morgan fingerprint density at radius 2 is 1.97 bits per heavy atom. The van der Waals surface area contributed by atoms with Gasteiger partial charge in [0, 0.05) is 31.7 Å². The standard InChI is InChI=1S/C22H22N6O3/c1-30-18-5-3-16(4-6-18)19-13-20(21-24-23-15-28(21)25-19)26-8-2-9-27(11-10-26)22(29)17-7-12-31-14-17/h3-7,12-15H,2,8-11H2,1H3. The van der Waals surface area contributed by atoms with Crippen LogP contribution in [0.25, 0.3) is 16.9 Å². The van der Waals surface area contributed by atoms with Gasteiger partial charge in [0.2, 0.25) is 5.65 Å². The van der Waals surface area contributed by atoms with E-state index in [1.807, 2.05) is 35.2 Å². The molecule has 0 radical (unpaired) electrons. The van der Waals surface area contributed by atoms with E-state index in [2.05, 4.69) is 20.2 Å². The first-order valence-corrected chi connectivity index (χ1v) is 10.1. The maximum atomic E-state index is 12.7. The minimum absolute atomic E-state index is 0.00289. The first-order chi connectivity index (χ1) is 15.2. The van der Waals surface area contributed by atoms with Crippen LogP contribution in [0.15, 0.2) is 59.7 Å². The highest BCUT2D eigenvalue weighted by molar-refractivity contribution is 5.93. The molecule has 5 rings (SSSR count). The molecule has 4 aromatic rings. The zero-order chi connectivity index (χ0) is 21.2. The van der Waals surface area contributed by atoms with E-state index in [0.717, 1.165) is 35.7 Å². The van der Waals surface area contributed by atoms with Crippen molar-refractivity contribution in [3.05, 3.63) is 60.8 Å². The zero-order valence-corrected chi connectivity index (χ0v) is 17.1. The van der Waals surface area contributed by atoms with Crippen LogP contribution in [0.4, 0.5) is 5.69 Å². The maximum Gasteiger partial charge on any atom is 0.257 e. The van der Waals surface area contributed by atoms with Gasteiger partial charge in [-0.3, -0.25) is 4.79 Å². The third-order valence-electron chi connectivity index (χ3n) is 5.53. The van der Waals surface area contributed by atoms with Crippen molar-refractivity contribution in [1.29, 1.82) is 0 Å². The monoisotopic (exact) mass is 418 g/mol. The molecule has 1 aromatic carbocycles. The molecule has 0 unspecified atom stereocenters. The molecule has 158 valence electrons. The van der Waals surface area contributed by atoms with Gasteiger partial charge in [-0.05, 0) is 42.8 Å². The lowest BCUT2D eigenvalue weighted by atomic mass is 10.1. The molecule has 1 amide bonds. The Hall–Kier alpha value is -3.88. The quantitative estimate of drug-likeness (QED) is 0.503. The second-order valence-corrected chi connectivity index (χ2v) is 7.39. The first-order valence-electron chi connectivity index (χ1n) is 10.1. The number of carbonyl (C=O) groups is 1. The SMILES string of the molecule is COc1ccc(-c2cc(N3CCCN(C(=O)c4ccoc4)CC3)c3nncn3n2)cc1. The molecule has 9 nitrogen and oxygen atoms in total. The molecule has 4 heterocycles. The third-order valence-corrected chi connectivity index (χ3v) is 5.53. The molecule has 0 spiro atoms. The third kappa shape index (κ3) is 3.70. The van der Waals surface area contributed by atoms with Crippen LogP contribution < -0.4 is 9.64 Å². The number of hydrogen-bond acceptors (Lipinski definition) is 7. The van der Waals surface area contributed by atoms with E-state index in [0.29, 0.717) is 30.8 Å². The fourth-order valence-electron chi connectivity index (χ4n) is 3.88. The Labute approximate surface area is 178 Å². The van der Waals surface area contributed by atoms with Crippen molar-refractivity contribution in [2.75, 3.05) is 38.2 Å². The summed E-state index contributed by atoms with van der Waals surface area (Å²) in [4.78, 5) is 16.8. The molecule has 31 heavy (non-hydrogen) atoms. The number of benzene rings is 1. The van der Waals surface area contributed by atoms with Gasteiger partial charge in [0.15, 0.2) is 0 Å². The number of furan rings is 1. The molecule has 1 saturated heterocycles. The number of amides is 1. The molecule has 3 aromatic heterocycles. The Morgan fingerprint density at radius 1 is 1.10 bits per heavy atom. The first kappa shape index (κ1) is 19.1. The van der Waals surface area contributed by atoms with E-state index in [1.54, 1.807) is 24.0 Å². The highest BCUT2D eigenvalue weighted by Gasteiger charge is 2.23. The number of anilines is 1. The highest BCUT2D eigenvalue weighted by Crippen LogP contribution is 2.28. The Balaban J connectivity index is 1.44. The van der Waals surface area contributed by atoms with Crippen LogP contribution in [-0.2, 0) is 0 Å². The zero-order valence-electron chi connectivity index (χ0n) is 17.1. The molecule has 0 atom stereocenters. The van der Waals surface area contributed by atoms with Gasteiger partial charge in [0.25, 0.3) is 5.91 Å². The van der Waals surface area contributed by atoms with Gasteiger partial charge in [0.1, 0.15) is 18.3 Å². The Morgan fingerprint density at radius 3 is 2.74 bits per heavy atom. The number of nitrogens with zero attached hydrogens (tertiary/aromatic N) is 6. The van der Waals surface area contributed by atoms with Crippen LogP contribution >= 0.6 is 0 Å². The summed E-state index contributed by atoms with van der Waals surface area (Å²) in [6.45, 7) is 2.81. The van der Waals surface area contributed by atoms with E-state index in [4.69, 9.17) is 9.15 Å². The fourth-order valence-corrected chi connectivity index (χ4v) is 3.88. The molecule has 0 aliphatic carbocycles. The van der Waals surface area contributed by atoms with Crippen molar-refractivity contribution in [2.45, 2.75) is 6.42 Å². The number of carbonyl (C=O) groups excluding carboxylic acids is 1.